The number of aliphatic hydroxyl groups excluding tert-OH is 2. The molecule has 0 spiro atoms. The minimum atomic E-state index is -4.46. The number of allylic oxidation sites excluding steroid dienone is 1. The maximum absolute atomic E-state index is 12.8. The number of ketones is 1. The van der Waals surface area contributed by atoms with Crippen LogP contribution in [0.4, 0.5) is 0 Å². The number of hydrogen-bond donors (Lipinski definition) is 4. The van der Waals surface area contributed by atoms with Gasteiger partial charge in [0.05, 0.1) is 25.4 Å². The lowest BCUT2D eigenvalue weighted by molar-refractivity contribution is -0.161. The summed E-state index contributed by atoms with van der Waals surface area (Å²) in [5, 5.41) is 20.8. The number of carbonyl (C=O) groups is 3. The Labute approximate surface area is 379 Å². The number of rotatable bonds is 39. The molecule has 14 heteroatoms. The van der Waals surface area contributed by atoms with E-state index in [1.807, 2.05) is 0 Å². The van der Waals surface area contributed by atoms with Crippen LogP contribution in [0, 0.1) is 25.7 Å². The summed E-state index contributed by atoms with van der Waals surface area (Å²) in [4.78, 5) is 47.8. The van der Waals surface area contributed by atoms with E-state index in [0.717, 1.165) is 70.6 Å². The number of esters is 2. The molecule has 0 aromatic carbocycles. The Morgan fingerprint density at radius 2 is 1.32 bits per heavy atom. The Balaban J connectivity index is 1.63. The van der Waals surface area contributed by atoms with Crippen LogP contribution in [-0.2, 0) is 50.3 Å². The fourth-order valence-electron chi connectivity index (χ4n) is 8.25. The average molecular weight is 912 g/mol. The van der Waals surface area contributed by atoms with Crippen molar-refractivity contribution in [2.75, 3.05) is 26.4 Å². The molecule has 0 radical (unpaired) electrons. The fourth-order valence-corrected chi connectivity index (χ4v) is 9.01. The van der Waals surface area contributed by atoms with Crippen LogP contribution in [0.5, 0.6) is 0 Å². The highest BCUT2D eigenvalue weighted by molar-refractivity contribution is 7.47. The SMILES string of the molecule is CCCCCc1oc(CCCCCCCCCCCCC(=O)OC[C@H](COP(=O)(O)OCCN)OC(=O)CCCCCC[C@H]2[C@@H](O)CC(=O)[C@@H]2/C=C/[C@@H](O)CCCCC)c(C)c1C. The largest absolute Gasteiger partial charge is 0.472 e. The minimum absolute atomic E-state index is 0.00299. The summed E-state index contributed by atoms with van der Waals surface area (Å²) >= 11 is 0. The molecule has 13 nitrogen and oxygen atoms in total. The lowest BCUT2D eigenvalue weighted by Gasteiger charge is -2.20. The lowest BCUT2D eigenvalue weighted by Crippen LogP contribution is -2.29. The molecule has 63 heavy (non-hydrogen) atoms. The van der Waals surface area contributed by atoms with Crippen molar-refractivity contribution >= 4 is 25.5 Å². The van der Waals surface area contributed by atoms with Gasteiger partial charge in [0.1, 0.15) is 23.9 Å². The molecule has 1 saturated carbocycles. The van der Waals surface area contributed by atoms with Crippen molar-refractivity contribution in [1.29, 1.82) is 0 Å². The normalized spacial score (nSPS) is 18.5. The zero-order valence-corrected chi connectivity index (χ0v) is 40.4. The fraction of sp³-hybridized carbons (Fsp3) is 0.816. The number of aliphatic hydroxyl groups is 2. The summed E-state index contributed by atoms with van der Waals surface area (Å²) in [6.07, 6.45) is 25.3. The Morgan fingerprint density at radius 3 is 1.92 bits per heavy atom. The lowest BCUT2D eigenvalue weighted by atomic mass is 9.88. The number of unbranched alkanes of at least 4 members (excludes halogenated alkanes) is 16. The van der Waals surface area contributed by atoms with Crippen LogP contribution in [0.2, 0.25) is 0 Å². The van der Waals surface area contributed by atoms with Gasteiger partial charge in [-0.1, -0.05) is 129 Å². The predicted molar refractivity (Wildman–Crippen MR) is 247 cm³/mol. The first kappa shape index (κ1) is 56.7. The van der Waals surface area contributed by atoms with Crippen molar-refractivity contribution in [3.8, 4) is 0 Å². The van der Waals surface area contributed by atoms with Crippen LogP contribution >= 0.6 is 7.82 Å². The third-order valence-electron chi connectivity index (χ3n) is 12.3. The number of ether oxygens (including phenoxy) is 2. The van der Waals surface area contributed by atoms with Crippen molar-refractivity contribution in [3.05, 3.63) is 34.8 Å². The number of phosphoric ester groups is 1. The molecule has 1 unspecified atom stereocenters. The van der Waals surface area contributed by atoms with Crippen molar-refractivity contribution in [2.24, 2.45) is 17.6 Å². The molecule has 1 aliphatic carbocycles. The van der Waals surface area contributed by atoms with Crippen LogP contribution in [-0.4, -0.2) is 77.5 Å². The second-order valence-corrected chi connectivity index (χ2v) is 19.2. The molecule has 5 N–H and O–H groups in total. The molecule has 1 aliphatic rings. The Morgan fingerprint density at radius 1 is 0.778 bits per heavy atom. The maximum Gasteiger partial charge on any atom is 0.472 e. The first-order valence-corrected chi connectivity index (χ1v) is 26.1. The van der Waals surface area contributed by atoms with Crippen molar-refractivity contribution in [2.45, 2.75) is 219 Å². The van der Waals surface area contributed by atoms with Gasteiger partial charge < -0.3 is 34.7 Å². The number of carbonyl (C=O) groups excluding carboxylic acids is 3. The molecular weight excluding hydrogens is 826 g/mol. The number of Topliss-reactive ketones (excluding diaryl/α,β-unsaturated/α-hetero) is 1. The highest BCUT2D eigenvalue weighted by Gasteiger charge is 2.39. The summed E-state index contributed by atoms with van der Waals surface area (Å²) in [5.74, 6) is 0.756. The van der Waals surface area contributed by atoms with Crippen LogP contribution in [0.25, 0.3) is 0 Å². The third kappa shape index (κ3) is 25.2. The van der Waals surface area contributed by atoms with Gasteiger partial charge in [0, 0.05) is 44.6 Å². The Kier molecular flexibility index (Phi) is 30.6. The molecule has 364 valence electrons. The third-order valence-corrected chi connectivity index (χ3v) is 13.2. The predicted octanol–water partition coefficient (Wildman–Crippen LogP) is 10.4. The van der Waals surface area contributed by atoms with E-state index in [2.05, 4.69) is 27.7 Å². The Bertz CT molecular complexity index is 1480. The molecular formula is C49H86NO12P. The molecule has 2 rings (SSSR count). The molecule has 1 fully saturated rings. The highest BCUT2D eigenvalue weighted by Crippen LogP contribution is 2.43. The zero-order valence-electron chi connectivity index (χ0n) is 39.5. The van der Waals surface area contributed by atoms with Crippen LogP contribution in [0.15, 0.2) is 16.6 Å². The standard InChI is InChI=1S/C49H86NO12P/c1-5-7-19-25-40(51)31-32-43-42(44(52)35-45(43)53)26-21-17-18-24-30-49(55)61-41(37-60-63(56,57)59-34-33-50)36-58-48(54)29-23-16-14-12-10-9-11-13-15-22-28-47-39(4)38(3)46(62-47)27-20-8-6-2/h31-32,40-44,51-52H,5-30,33-37,50H2,1-4H3,(H,56,57)/b32-31+/t40-,41+,42+,43+,44-/m0/s1. The van der Waals surface area contributed by atoms with Crippen LogP contribution < -0.4 is 5.73 Å². The van der Waals surface area contributed by atoms with Gasteiger partial charge in [-0.05, 0) is 69.4 Å². The van der Waals surface area contributed by atoms with Crippen LogP contribution in [0.1, 0.15) is 197 Å². The molecule has 0 saturated heterocycles. The number of furan rings is 1. The van der Waals surface area contributed by atoms with Gasteiger partial charge in [-0.2, -0.15) is 0 Å². The van der Waals surface area contributed by atoms with E-state index in [0.29, 0.717) is 32.1 Å². The second kappa shape index (κ2) is 34.0. The number of nitrogens with two attached hydrogens (primary N) is 1. The molecule has 0 aliphatic heterocycles. The van der Waals surface area contributed by atoms with E-state index < -0.39 is 50.6 Å². The number of aryl methyl sites for hydroxylation is 2. The van der Waals surface area contributed by atoms with E-state index in [1.54, 1.807) is 12.2 Å². The highest BCUT2D eigenvalue weighted by atomic mass is 31.2. The molecule has 1 aromatic rings. The van der Waals surface area contributed by atoms with E-state index >= 15 is 0 Å². The molecule has 1 heterocycles. The van der Waals surface area contributed by atoms with Gasteiger partial charge in [0.2, 0.25) is 0 Å². The van der Waals surface area contributed by atoms with E-state index in [4.69, 9.17) is 28.7 Å². The van der Waals surface area contributed by atoms with E-state index in [-0.39, 0.29) is 50.7 Å². The monoisotopic (exact) mass is 912 g/mol. The first-order valence-electron chi connectivity index (χ1n) is 24.6. The molecule has 0 amide bonds. The average Bonchev–Trinajstić information content (AvgIpc) is 3.68. The van der Waals surface area contributed by atoms with Gasteiger partial charge in [-0.15, -0.1) is 0 Å². The quantitative estimate of drug-likeness (QED) is 0.0210. The summed E-state index contributed by atoms with van der Waals surface area (Å²) in [6.45, 7) is 7.70. The van der Waals surface area contributed by atoms with Gasteiger partial charge >= 0.3 is 19.8 Å². The summed E-state index contributed by atoms with van der Waals surface area (Å²) in [7, 11) is -4.46. The van der Waals surface area contributed by atoms with Crippen LogP contribution in [0.3, 0.4) is 0 Å². The number of hydrogen-bond acceptors (Lipinski definition) is 12. The van der Waals surface area contributed by atoms with Gasteiger partial charge in [0.15, 0.2) is 6.10 Å². The summed E-state index contributed by atoms with van der Waals surface area (Å²) in [6, 6.07) is 0. The molecule has 6 atom stereocenters. The zero-order chi connectivity index (χ0) is 46.3. The van der Waals surface area contributed by atoms with Gasteiger partial charge in [0.25, 0.3) is 0 Å². The minimum Gasteiger partial charge on any atom is -0.466 e. The van der Waals surface area contributed by atoms with Crippen molar-refractivity contribution < 1.29 is 57.0 Å². The van der Waals surface area contributed by atoms with Crippen molar-refractivity contribution in [3.63, 3.8) is 0 Å². The van der Waals surface area contributed by atoms with E-state index in [9.17, 15) is 34.1 Å². The van der Waals surface area contributed by atoms with Crippen molar-refractivity contribution in [1.82, 2.24) is 0 Å². The van der Waals surface area contributed by atoms with Gasteiger partial charge in [-0.3, -0.25) is 23.4 Å². The topological polar surface area (TPSA) is 205 Å². The summed E-state index contributed by atoms with van der Waals surface area (Å²) < 4.78 is 39.2. The first-order chi connectivity index (χ1) is 30.3. The molecule has 0 bridgehead atoms. The summed E-state index contributed by atoms with van der Waals surface area (Å²) in [5.41, 5.74) is 8.03. The van der Waals surface area contributed by atoms with E-state index in [1.165, 1.54) is 74.0 Å². The molecule has 1 aromatic heterocycles. The number of phosphoric acid groups is 1. The Hall–Kier alpha value is -2.38. The van der Waals surface area contributed by atoms with Gasteiger partial charge in [-0.25, -0.2) is 4.57 Å². The maximum atomic E-state index is 12.8. The smallest absolute Gasteiger partial charge is 0.466 e. The second-order valence-electron chi connectivity index (χ2n) is 17.7.